The minimum atomic E-state index is -0.101. The molecule has 4 nitrogen and oxygen atoms in total. The van der Waals surface area contributed by atoms with Gasteiger partial charge in [0.2, 0.25) is 11.8 Å². The number of hydrogen-bond donors (Lipinski definition) is 2. The summed E-state index contributed by atoms with van der Waals surface area (Å²) in [5, 5.41) is 5.54. The average Bonchev–Trinajstić information content (AvgIpc) is 2.37. The van der Waals surface area contributed by atoms with E-state index in [0.29, 0.717) is 0 Å². The minimum Gasteiger partial charge on any atom is -0.350 e. The molecule has 1 aromatic carbocycles. The van der Waals surface area contributed by atoms with E-state index in [9.17, 15) is 9.59 Å². The first-order valence-corrected chi connectivity index (χ1v) is 6.37. The van der Waals surface area contributed by atoms with Crippen LogP contribution in [0.5, 0.6) is 0 Å². The third-order valence-electron chi connectivity index (χ3n) is 2.66. The fraction of sp³-hybridized carbons (Fsp3) is 0.333. The van der Waals surface area contributed by atoms with Crippen molar-refractivity contribution in [1.29, 1.82) is 0 Å². The van der Waals surface area contributed by atoms with Gasteiger partial charge in [-0.25, -0.2) is 0 Å². The molecule has 0 heterocycles. The standard InChI is InChI=1S/C15H20N2O2/c1-4-11(2)16-15(19)10-7-13-5-8-14(9-6-13)17-12(3)18/h5-11H,4H2,1-3H3,(H,16,19)(H,17,18)/b10-7+. The first kappa shape index (κ1) is 15.0. The summed E-state index contributed by atoms with van der Waals surface area (Å²) in [6.07, 6.45) is 4.17. The highest BCUT2D eigenvalue weighted by molar-refractivity contribution is 5.92. The van der Waals surface area contributed by atoms with Crippen molar-refractivity contribution in [3.05, 3.63) is 35.9 Å². The van der Waals surface area contributed by atoms with Gasteiger partial charge >= 0.3 is 0 Å². The summed E-state index contributed by atoms with van der Waals surface area (Å²) in [6.45, 7) is 5.45. The summed E-state index contributed by atoms with van der Waals surface area (Å²) in [6, 6.07) is 7.47. The molecule has 0 aliphatic heterocycles. The van der Waals surface area contributed by atoms with Gasteiger partial charge in [-0.05, 0) is 37.1 Å². The van der Waals surface area contributed by atoms with Crippen molar-refractivity contribution in [3.8, 4) is 0 Å². The smallest absolute Gasteiger partial charge is 0.244 e. The number of carbonyl (C=O) groups excluding carboxylic acids is 2. The van der Waals surface area contributed by atoms with Gasteiger partial charge in [0, 0.05) is 24.7 Å². The summed E-state index contributed by atoms with van der Waals surface area (Å²) < 4.78 is 0. The summed E-state index contributed by atoms with van der Waals surface area (Å²) in [7, 11) is 0. The van der Waals surface area contributed by atoms with E-state index in [1.165, 1.54) is 13.0 Å². The van der Waals surface area contributed by atoms with Crippen molar-refractivity contribution < 1.29 is 9.59 Å². The van der Waals surface area contributed by atoms with Gasteiger partial charge in [-0.3, -0.25) is 9.59 Å². The lowest BCUT2D eigenvalue weighted by Gasteiger charge is -2.08. The van der Waals surface area contributed by atoms with Crippen molar-refractivity contribution in [3.63, 3.8) is 0 Å². The van der Waals surface area contributed by atoms with Crippen molar-refractivity contribution in [2.75, 3.05) is 5.32 Å². The summed E-state index contributed by atoms with van der Waals surface area (Å²) in [5.74, 6) is -0.198. The van der Waals surface area contributed by atoms with Crippen molar-refractivity contribution in [2.24, 2.45) is 0 Å². The molecule has 0 spiro atoms. The number of rotatable bonds is 5. The lowest BCUT2D eigenvalue weighted by Crippen LogP contribution is -2.30. The zero-order chi connectivity index (χ0) is 14.3. The third-order valence-corrected chi connectivity index (χ3v) is 2.66. The van der Waals surface area contributed by atoms with E-state index in [2.05, 4.69) is 10.6 Å². The minimum absolute atomic E-state index is 0.0970. The zero-order valence-corrected chi connectivity index (χ0v) is 11.6. The highest BCUT2D eigenvalue weighted by Crippen LogP contribution is 2.10. The summed E-state index contributed by atoms with van der Waals surface area (Å²) in [5.41, 5.74) is 1.65. The molecule has 1 rings (SSSR count). The highest BCUT2D eigenvalue weighted by Gasteiger charge is 2.01. The predicted molar refractivity (Wildman–Crippen MR) is 77.7 cm³/mol. The van der Waals surface area contributed by atoms with Crippen LogP contribution in [0, 0.1) is 0 Å². The second kappa shape index (κ2) is 7.36. The third kappa shape index (κ3) is 5.86. The molecule has 0 bridgehead atoms. The Morgan fingerprint density at radius 3 is 2.42 bits per heavy atom. The predicted octanol–water partition coefficient (Wildman–Crippen LogP) is 2.57. The molecule has 102 valence electrons. The number of nitrogens with one attached hydrogen (secondary N) is 2. The molecule has 2 amide bonds. The van der Waals surface area contributed by atoms with Crippen molar-refractivity contribution in [1.82, 2.24) is 5.32 Å². The number of amides is 2. The number of benzene rings is 1. The second-order valence-electron chi connectivity index (χ2n) is 4.45. The van der Waals surface area contributed by atoms with Gasteiger partial charge in [-0.2, -0.15) is 0 Å². The zero-order valence-electron chi connectivity index (χ0n) is 11.6. The fourth-order valence-corrected chi connectivity index (χ4v) is 1.45. The topological polar surface area (TPSA) is 58.2 Å². The van der Waals surface area contributed by atoms with Crippen LogP contribution in [0.3, 0.4) is 0 Å². The molecule has 1 unspecified atom stereocenters. The Kier molecular flexibility index (Phi) is 5.79. The Hall–Kier alpha value is -2.10. The van der Waals surface area contributed by atoms with Gasteiger partial charge in [0.05, 0.1) is 0 Å². The molecule has 0 saturated heterocycles. The molecule has 4 heteroatoms. The van der Waals surface area contributed by atoms with Crippen molar-refractivity contribution >= 4 is 23.6 Å². The van der Waals surface area contributed by atoms with Gasteiger partial charge < -0.3 is 10.6 Å². The molecule has 1 aromatic rings. The number of anilines is 1. The molecular weight excluding hydrogens is 240 g/mol. The Morgan fingerprint density at radius 1 is 1.26 bits per heavy atom. The van der Waals surface area contributed by atoms with E-state index < -0.39 is 0 Å². The lowest BCUT2D eigenvalue weighted by atomic mass is 10.2. The maximum absolute atomic E-state index is 11.5. The number of carbonyl (C=O) groups is 2. The van der Waals surface area contributed by atoms with Crippen LogP contribution in [0.25, 0.3) is 6.08 Å². The lowest BCUT2D eigenvalue weighted by molar-refractivity contribution is -0.117. The molecule has 0 aliphatic rings. The first-order valence-electron chi connectivity index (χ1n) is 6.37. The van der Waals surface area contributed by atoms with Gasteiger partial charge in [0.15, 0.2) is 0 Å². The molecule has 2 N–H and O–H groups in total. The van der Waals surface area contributed by atoms with E-state index in [1.807, 2.05) is 26.0 Å². The Labute approximate surface area is 113 Å². The monoisotopic (exact) mass is 260 g/mol. The Bertz CT molecular complexity index is 464. The maximum Gasteiger partial charge on any atom is 0.244 e. The Balaban J connectivity index is 2.57. The molecule has 19 heavy (non-hydrogen) atoms. The Morgan fingerprint density at radius 2 is 1.89 bits per heavy atom. The summed E-state index contributed by atoms with van der Waals surface area (Å²) >= 11 is 0. The molecule has 0 aromatic heterocycles. The van der Waals surface area contributed by atoms with Crippen molar-refractivity contribution in [2.45, 2.75) is 33.2 Å². The highest BCUT2D eigenvalue weighted by atomic mass is 16.2. The molecule has 0 fully saturated rings. The van der Waals surface area contributed by atoms with Crippen LogP contribution in [0.15, 0.2) is 30.3 Å². The van der Waals surface area contributed by atoms with E-state index in [4.69, 9.17) is 0 Å². The summed E-state index contributed by atoms with van der Waals surface area (Å²) in [4.78, 5) is 22.4. The molecule has 0 radical (unpaired) electrons. The fourth-order valence-electron chi connectivity index (χ4n) is 1.45. The van der Waals surface area contributed by atoms with E-state index >= 15 is 0 Å². The van der Waals surface area contributed by atoms with Crippen LogP contribution in [-0.4, -0.2) is 17.9 Å². The van der Waals surface area contributed by atoms with E-state index in [0.717, 1.165) is 17.7 Å². The normalized spacial score (nSPS) is 12.2. The number of hydrogen-bond acceptors (Lipinski definition) is 2. The molecular formula is C15H20N2O2. The quantitative estimate of drug-likeness (QED) is 0.799. The van der Waals surface area contributed by atoms with Gasteiger partial charge in [0.25, 0.3) is 0 Å². The maximum atomic E-state index is 11.5. The van der Waals surface area contributed by atoms with Crippen LogP contribution in [0.2, 0.25) is 0 Å². The van der Waals surface area contributed by atoms with Crippen LogP contribution < -0.4 is 10.6 Å². The van der Waals surface area contributed by atoms with E-state index in [1.54, 1.807) is 18.2 Å². The second-order valence-corrected chi connectivity index (χ2v) is 4.45. The van der Waals surface area contributed by atoms with Gasteiger partial charge in [0.1, 0.15) is 0 Å². The average molecular weight is 260 g/mol. The van der Waals surface area contributed by atoms with E-state index in [-0.39, 0.29) is 17.9 Å². The van der Waals surface area contributed by atoms with Crippen LogP contribution in [-0.2, 0) is 9.59 Å². The van der Waals surface area contributed by atoms with Crippen LogP contribution in [0.4, 0.5) is 5.69 Å². The SMILES string of the molecule is CCC(C)NC(=O)/C=C/c1ccc(NC(C)=O)cc1. The largest absolute Gasteiger partial charge is 0.350 e. The first-order chi connectivity index (χ1) is 9.01. The molecule has 0 saturated carbocycles. The van der Waals surface area contributed by atoms with Crippen LogP contribution >= 0.6 is 0 Å². The molecule has 0 aliphatic carbocycles. The molecule has 1 atom stereocenters. The van der Waals surface area contributed by atoms with Gasteiger partial charge in [-0.1, -0.05) is 19.1 Å². The van der Waals surface area contributed by atoms with Gasteiger partial charge in [-0.15, -0.1) is 0 Å². The van der Waals surface area contributed by atoms with Crippen LogP contribution in [0.1, 0.15) is 32.8 Å².